The number of nitrogens with zero attached hydrogens (tertiary/aromatic N) is 4. The van der Waals surface area contributed by atoms with Gasteiger partial charge in [0.25, 0.3) is 5.91 Å². The third-order valence-electron chi connectivity index (χ3n) is 5.48. The highest BCUT2D eigenvalue weighted by Crippen LogP contribution is 2.33. The summed E-state index contributed by atoms with van der Waals surface area (Å²) in [6.07, 6.45) is 4.00. The van der Waals surface area contributed by atoms with Crippen LogP contribution in [0.5, 0.6) is 0 Å². The molecule has 3 rings (SSSR count). The van der Waals surface area contributed by atoms with Gasteiger partial charge < -0.3 is 14.7 Å². The van der Waals surface area contributed by atoms with Crippen molar-refractivity contribution >= 4 is 23.4 Å². The molecule has 0 radical (unpaired) electrons. The summed E-state index contributed by atoms with van der Waals surface area (Å²) >= 11 is 6.00. The number of hydrogen-bond donors (Lipinski definition) is 1. The van der Waals surface area contributed by atoms with Crippen molar-refractivity contribution in [2.75, 3.05) is 46.3 Å². The van der Waals surface area contributed by atoms with Gasteiger partial charge in [0, 0.05) is 31.6 Å². The van der Waals surface area contributed by atoms with Crippen LogP contribution in [0.3, 0.4) is 0 Å². The number of hydrogen-bond acceptors (Lipinski definition) is 4. The van der Waals surface area contributed by atoms with Gasteiger partial charge in [-0.15, -0.1) is 0 Å². The molecule has 0 spiro atoms. The van der Waals surface area contributed by atoms with E-state index in [1.165, 1.54) is 6.20 Å². The second-order valence-electron chi connectivity index (χ2n) is 7.39. The fourth-order valence-electron chi connectivity index (χ4n) is 3.61. The molecule has 1 aromatic heterocycles. The van der Waals surface area contributed by atoms with E-state index in [-0.39, 0.29) is 17.2 Å². The Labute approximate surface area is 153 Å². The predicted molar refractivity (Wildman–Crippen MR) is 95.5 cm³/mol. The van der Waals surface area contributed by atoms with Gasteiger partial charge in [0.1, 0.15) is 5.69 Å². The van der Waals surface area contributed by atoms with Crippen LogP contribution in [0.15, 0.2) is 6.20 Å². The van der Waals surface area contributed by atoms with Gasteiger partial charge >= 0.3 is 0 Å². The molecule has 0 unspecified atom stereocenters. The first-order valence-electron chi connectivity index (χ1n) is 8.87. The maximum atomic E-state index is 13.1. The molecular formula is C17H26ClN5O2. The van der Waals surface area contributed by atoms with E-state index in [1.807, 2.05) is 4.90 Å². The number of aromatic amines is 1. The van der Waals surface area contributed by atoms with E-state index in [9.17, 15) is 9.59 Å². The largest absolute Gasteiger partial charge is 0.340 e. The SMILES string of the molecule is CN1CCC(C)(C(=O)N2CCCN(C(=O)c3[nH]ncc3Cl)CC2)CC1. The van der Waals surface area contributed by atoms with Gasteiger partial charge in [-0.3, -0.25) is 14.7 Å². The highest BCUT2D eigenvalue weighted by atomic mass is 35.5. The number of rotatable bonds is 2. The van der Waals surface area contributed by atoms with E-state index < -0.39 is 0 Å². The van der Waals surface area contributed by atoms with Crippen LogP contribution in [0.2, 0.25) is 5.02 Å². The molecule has 2 aliphatic rings. The van der Waals surface area contributed by atoms with E-state index in [4.69, 9.17) is 11.6 Å². The Morgan fingerprint density at radius 1 is 1.12 bits per heavy atom. The Morgan fingerprint density at radius 2 is 1.76 bits per heavy atom. The van der Waals surface area contributed by atoms with Crippen molar-refractivity contribution in [3.63, 3.8) is 0 Å². The van der Waals surface area contributed by atoms with Gasteiger partial charge in [-0.2, -0.15) is 5.10 Å². The number of aromatic nitrogens is 2. The molecule has 138 valence electrons. The molecule has 25 heavy (non-hydrogen) atoms. The van der Waals surface area contributed by atoms with Gasteiger partial charge in [0.2, 0.25) is 5.91 Å². The molecule has 3 heterocycles. The van der Waals surface area contributed by atoms with Crippen molar-refractivity contribution in [1.29, 1.82) is 0 Å². The first-order chi connectivity index (χ1) is 11.9. The second kappa shape index (κ2) is 7.33. The molecule has 2 saturated heterocycles. The number of likely N-dealkylation sites (tertiary alicyclic amines) is 1. The molecule has 2 fully saturated rings. The minimum absolute atomic E-state index is 0.151. The average Bonchev–Trinajstić information content (AvgIpc) is 2.88. The lowest BCUT2D eigenvalue weighted by atomic mass is 9.79. The molecule has 8 heteroatoms. The van der Waals surface area contributed by atoms with Gasteiger partial charge in [-0.05, 0) is 39.4 Å². The van der Waals surface area contributed by atoms with E-state index >= 15 is 0 Å². The molecule has 1 aromatic rings. The molecule has 1 N–H and O–H groups in total. The number of halogens is 1. The highest BCUT2D eigenvalue weighted by molar-refractivity contribution is 6.33. The Morgan fingerprint density at radius 3 is 2.40 bits per heavy atom. The molecule has 7 nitrogen and oxygen atoms in total. The van der Waals surface area contributed by atoms with E-state index in [1.54, 1.807) is 4.90 Å². The second-order valence-corrected chi connectivity index (χ2v) is 7.80. The Hall–Kier alpha value is -1.60. The summed E-state index contributed by atoms with van der Waals surface area (Å²) in [6.45, 7) is 6.42. The van der Waals surface area contributed by atoms with Crippen molar-refractivity contribution in [3.8, 4) is 0 Å². The highest BCUT2D eigenvalue weighted by Gasteiger charge is 2.39. The molecule has 0 bridgehead atoms. The summed E-state index contributed by atoms with van der Waals surface area (Å²) < 4.78 is 0. The summed E-state index contributed by atoms with van der Waals surface area (Å²) in [4.78, 5) is 31.6. The zero-order valence-corrected chi connectivity index (χ0v) is 15.7. The summed E-state index contributed by atoms with van der Waals surface area (Å²) in [5.41, 5.74) is 0.0435. The van der Waals surface area contributed by atoms with Crippen molar-refractivity contribution in [1.82, 2.24) is 24.9 Å². The summed E-state index contributed by atoms with van der Waals surface area (Å²) in [6, 6.07) is 0. The fraction of sp³-hybridized carbons (Fsp3) is 0.706. The van der Waals surface area contributed by atoms with Crippen LogP contribution in [0, 0.1) is 5.41 Å². The topological polar surface area (TPSA) is 72.5 Å². The maximum absolute atomic E-state index is 13.1. The van der Waals surface area contributed by atoms with Crippen LogP contribution in [-0.2, 0) is 4.79 Å². The van der Waals surface area contributed by atoms with E-state index in [2.05, 4.69) is 29.1 Å². The van der Waals surface area contributed by atoms with Crippen LogP contribution < -0.4 is 0 Å². The minimum Gasteiger partial charge on any atom is -0.340 e. The van der Waals surface area contributed by atoms with E-state index in [0.29, 0.717) is 36.9 Å². The first kappa shape index (κ1) is 18.2. The van der Waals surface area contributed by atoms with Crippen molar-refractivity contribution in [2.24, 2.45) is 5.41 Å². The van der Waals surface area contributed by atoms with E-state index in [0.717, 1.165) is 32.4 Å². The quantitative estimate of drug-likeness (QED) is 0.859. The molecular weight excluding hydrogens is 342 g/mol. The lowest BCUT2D eigenvalue weighted by Crippen LogP contribution is -2.49. The normalized spacial score (nSPS) is 21.9. The molecule has 0 aromatic carbocycles. The minimum atomic E-state index is -0.279. The van der Waals surface area contributed by atoms with Crippen LogP contribution in [0.1, 0.15) is 36.7 Å². The average molecular weight is 368 g/mol. The standard InChI is InChI=1S/C17H26ClN5O2/c1-17(4-8-21(2)9-5-17)16(25)23-7-3-6-22(10-11-23)15(24)14-13(18)12-19-20-14/h12H,3-11H2,1-2H3,(H,19,20). The first-order valence-corrected chi connectivity index (χ1v) is 9.24. The number of nitrogens with one attached hydrogen (secondary N) is 1. The lowest BCUT2D eigenvalue weighted by molar-refractivity contribution is -0.143. The van der Waals surface area contributed by atoms with Crippen LogP contribution in [0.25, 0.3) is 0 Å². The number of amides is 2. The zero-order chi connectivity index (χ0) is 18.0. The van der Waals surface area contributed by atoms with Crippen LogP contribution in [0.4, 0.5) is 0 Å². The molecule has 2 amide bonds. The predicted octanol–water partition coefficient (Wildman–Crippen LogP) is 1.47. The third kappa shape index (κ3) is 3.82. The van der Waals surface area contributed by atoms with Crippen molar-refractivity contribution < 1.29 is 9.59 Å². The number of piperidine rings is 1. The Bertz CT molecular complexity index is 639. The molecule has 0 atom stereocenters. The Balaban J connectivity index is 1.62. The van der Waals surface area contributed by atoms with Crippen LogP contribution >= 0.6 is 11.6 Å². The van der Waals surface area contributed by atoms with Gasteiger partial charge in [0.05, 0.1) is 11.2 Å². The summed E-state index contributed by atoms with van der Waals surface area (Å²) in [5.74, 6) is 0.0803. The number of carbonyl (C=O) groups is 2. The molecule has 0 aliphatic carbocycles. The smallest absolute Gasteiger partial charge is 0.273 e. The van der Waals surface area contributed by atoms with Crippen molar-refractivity contribution in [3.05, 3.63) is 16.9 Å². The summed E-state index contributed by atoms with van der Waals surface area (Å²) in [7, 11) is 2.10. The molecule has 0 saturated carbocycles. The monoisotopic (exact) mass is 367 g/mol. The van der Waals surface area contributed by atoms with Crippen molar-refractivity contribution in [2.45, 2.75) is 26.2 Å². The molecule has 2 aliphatic heterocycles. The lowest BCUT2D eigenvalue weighted by Gasteiger charge is -2.39. The number of carbonyl (C=O) groups excluding carboxylic acids is 2. The summed E-state index contributed by atoms with van der Waals surface area (Å²) in [5, 5.41) is 6.80. The maximum Gasteiger partial charge on any atom is 0.273 e. The zero-order valence-electron chi connectivity index (χ0n) is 14.9. The van der Waals surface area contributed by atoms with Gasteiger partial charge in [-0.25, -0.2) is 0 Å². The Kier molecular flexibility index (Phi) is 5.34. The van der Waals surface area contributed by atoms with Crippen LogP contribution in [-0.4, -0.2) is 83.0 Å². The third-order valence-corrected chi connectivity index (χ3v) is 5.77. The van der Waals surface area contributed by atoms with Gasteiger partial charge in [-0.1, -0.05) is 18.5 Å². The van der Waals surface area contributed by atoms with Gasteiger partial charge in [0.15, 0.2) is 0 Å². The fourth-order valence-corrected chi connectivity index (χ4v) is 3.78. The number of H-pyrrole nitrogens is 1.